The second-order valence-corrected chi connectivity index (χ2v) is 5.77. The van der Waals surface area contributed by atoms with Crippen LogP contribution in [0.3, 0.4) is 0 Å². The molecule has 164 valence electrons. The van der Waals surface area contributed by atoms with Gasteiger partial charge in [-0.3, -0.25) is 19.7 Å². The number of aromatic nitrogens is 4. The third-order valence-corrected chi connectivity index (χ3v) is 3.56. The molecule has 1 aliphatic heterocycles. The number of aromatic amines is 3. The van der Waals surface area contributed by atoms with Gasteiger partial charge >= 0.3 is 46.8 Å². The van der Waals surface area contributed by atoms with E-state index in [0.29, 0.717) is 0 Å². The number of hydrogen-bond donors (Lipinski definition) is 4. The molecule has 0 aromatic carbocycles. The molecular weight excluding hydrogens is 436 g/mol. The Bertz CT molecular complexity index is 1290. The molecule has 0 saturated carbocycles. The highest BCUT2D eigenvalue weighted by Crippen LogP contribution is 2.20. The van der Waals surface area contributed by atoms with Crippen LogP contribution < -0.4 is 21.8 Å². The first-order valence-corrected chi connectivity index (χ1v) is 7.75. The molecule has 0 spiro atoms. The van der Waals surface area contributed by atoms with Crippen molar-refractivity contribution in [1.29, 1.82) is 0 Å². The van der Waals surface area contributed by atoms with Gasteiger partial charge in [-0.15, -0.1) is 0 Å². The third-order valence-electron chi connectivity index (χ3n) is 3.56. The fourth-order valence-electron chi connectivity index (χ4n) is 2.23. The first-order chi connectivity index (χ1) is 14.5. The second kappa shape index (κ2) is 7.59. The van der Waals surface area contributed by atoms with Gasteiger partial charge in [0.2, 0.25) is 0 Å². The Balaban J connectivity index is 1.85. The number of fused-ring (bicyclic) bond motifs is 1. The topological polar surface area (TPSA) is 255 Å². The molecule has 1 aliphatic rings. The summed E-state index contributed by atoms with van der Waals surface area (Å²) in [5.74, 6) is -8.96. The number of carbonyl (C=O) groups excluding carboxylic acids is 5. The minimum absolute atomic E-state index is 0.149. The van der Waals surface area contributed by atoms with E-state index in [2.05, 4.69) is 29.4 Å². The van der Waals surface area contributed by atoms with Crippen molar-refractivity contribution >= 4 is 41.0 Å². The van der Waals surface area contributed by atoms with E-state index in [1.165, 1.54) is 0 Å². The van der Waals surface area contributed by atoms with Crippen LogP contribution in [0.2, 0.25) is 0 Å². The maximum Gasteiger partial charge on any atom is 0.467 e. The van der Waals surface area contributed by atoms with Crippen LogP contribution in [-0.4, -0.2) is 60.2 Å². The first-order valence-electron chi connectivity index (χ1n) is 7.75. The lowest BCUT2D eigenvalue weighted by Crippen LogP contribution is -2.49. The number of carbonyl (C=O) groups is 5. The number of hydrogen-bond acceptors (Lipinski definition) is 14. The largest absolute Gasteiger partial charge is 0.467 e. The predicted molar refractivity (Wildman–Crippen MR) is 83.9 cm³/mol. The molecule has 0 amide bonds. The van der Waals surface area contributed by atoms with Crippen molar-refractivity contribution in [3.63, 3.8) is 0 Å². The zero-order valence-electron chi connectivity index (χ0n) is 14.6. The summed E-state index contributed by atoms with van der Waals surface area (Å²) < 4.78 is -0.149. The van der Waals surface area contributed by atoms with Crippen LogP contribution >= 0.6 is 0 Å². The molecule has 1 saturated heterocycles. The number of imidazole rings is 1. The van der Waals surface area contributed by atoms with Gasteiger partial charge in [0.25, 0.3) is 0 Å². The Morgan fingerprint density at radius 3 is 2.29 bits per heavy atom. The predicted octanol–water partition coefficient (Wildman–Crippen LogP) is -4.81. The normalized spacial score (nSPS) is 19.8. The highest BCUT2D eigenvalue weighted by atomic mass is 17.2. The lowest BCUT2D eigenvalue weighted by atomic mass is 9.96. The molecule has 0 aliphatic carbocycles. The minimum atomic E-state index is -3.11. The first kappa shape index (κ1) is 21.0. The minimum Gasteiger partial charge on any atom is -0.377 e. The molecule has 4 N–H and O–H groups in total. The Hall–Kier alpha value is -4.74. The second-order valence-electron chi connectivity index (χ2n) is 5.77. The Morgan fingerprint density at radius 2 is 1.61 bits per heavy atom. The van der Waals surface area contributed by atoms with Gasteiger partial charge in [0.1, 0.15) is 5.65 Å². The standard InChI is InChI=1S/C13H8N4O14/c18-3(27-17-7(20)5-6(16-12(17)25)15-11(24)14-5)1-13(26)2-4(19)28-29-8(21)9(22)30-31-10(13)23/h26H,1-2H2,(H,16,25)(H2,14,15,24). The Morgan fingerprint density at radius 1 is 0.968 bits per heavy atom. The maximum absolute atomic E-state index is 12.2. The zero-order chi connectivity index (χ0) is 22.9. The summed E-state index contributed by atoms with van der Waals surface area (Å²) in [7, 11) is 0. The zero-order valence-corrected chi connectivity index (χ0v) is 14.6. The molecule has 1 unspecified atom stereocenters. The smallest absolute Gasteiger partial charge is 0.377 e. The number of nitrogens with one attached hydrogen (secondary N) is 3. The average Bonchev–Trinajstić information content (AvgIpc) is 3.06. The molecule has 1 atom stereocenters. The molecule has 3 rings (SSSR count). The van der Waals surface area contributed by atoms with Gasteiger partial charge in [-0.1, -0.05) is 4.73 Å². The van der Waals surface area contributed by atoms with Crippen molar-refractivity contribution < 1.29 is 53.5 Å². The van der Waals surface area contributed by atoms with E-state index in [1.807, 2.05) is 9.97 Å². The van der Waals surface area contributed by atoms with E-state index in [9.17, 15) is 43.5 Å². The van der Waals surface area contributed by atoms with Crippen molar-refractivity contribution in [3.05, 3.63) is 31.3 Å². The Kier molecular flexibility index (Phi) is 5.14. The van der Waals surface area contributed by atoms with E-state index in [-0.39, 0.29) is 10.4 Å². The molecular formula is C13H8N4O14. The lowest BCUT2D eigenvalue weighted by molar-refractivity contribution is -0.292. The molecule has 3 heterocycles. The molecule has 18 nitrogen and oxygen atoms in total. The van der Waals surface area contributed by atoms with Crippen LogP contribution in [0.5, 0.6) is 0 Å². The Labute approximate surface area is 165 Å². The van der Waals surface area contributed by atoms with Crippen molar-refractivity contribution in [2.75, 3.05) is 0 Å². The number of rotatable bonds is 3. The molecule has 0 bridgehead atoms. The van der Waals surface area contributed by atoms with E-state index in [4.69, 9.17) is 0 Å². The van der Waals surface area contributed by atoms with Gasteiger partial charge in [0.15, 0.2) is 11.1 Å². The summed E-state index contributed by atoms with van der Waals surface area (Å²) in [6.07, 6.45) is -2.82. The van der Waals surface area contributed by atoms with E-state index in [0.717, 1.165) is 0 Å². The van der Waals surface area contributed by atoms with Crippen LogP contribution in [0.15, 0.2) is 14.4 Å². The van der Waals surface area contributed by atoms with Gasteiger partial charge in [-0.05, 0) is 0 Å². The molecule has 2 aromatic heterocycles. The highest BCUT2D eigenvalue weighted by molar-refractivity contribution is 6.29. The fraction of sp³-hybridized carbons (Fsp3) is 0.231. The summed E-state index contributed by atoms with van der Waals surface area (Å²) in [4.78, 5) is 119. The molecule has 31 heavy (non-hydrogen) atoms. The number of aliphatic hydroxyl groups is 1. The van der Waals surface area contributed by atoms with Crippen LogP contribution in [0, 0.1) is 0 Å². The van der Waals surface area contributed by atoms with Gasteiger partial charge in [-0.25, -0.2) is 53.1 Å². The summed E-state index contributed by atoms with van der Waals surface area (Å²) in [5.41, 5.74) is -7.39. The van der Waals surface area contributed by atoms with Crippen molar-refractivity contribution in [2.45, 2.75) is 18.4 Å². The van der Waals surface area contributed by atoms with Crippen LogP contribution in [0.25, 0.3) is 11.2 Å². The quantitative estimate of drug-likeness (QED) is 0.256. The van der Waals surface area contributed by atoms with Crippen molar-refractivity contribution in [2.24, 2.45) is 0 Å². The monoisotopic (exact) mass is 444 g/mol. The summed E-state index contributed by atoms with van der Waals surface area (Å²) in [5, 5.41) is 10.3. The summed E-state index contributed by atoms with van der Waals surface area (Å²) >= 11 is 0. The summed E-state index contributed by atoms with van der Waals surface area (Å²) in [6.45, 7) is 0. The van der Waals surface area contributed by atoms with E-state index < -0.39 is 70.7 Å². The summed E-state index contributed by atoms with van der Waals surface area (Å²) in [6, 6.07) is 0. The highest BCUT2D eigenvalue weighted by Gasteiger charge is 2.47. The SMILES string of the molecule is O=C1CC(O)(CC(=O)On2c(=O)[nH]c3[nH]c(=O)[nH]c3c2=O)C(=O)OOC(=O)C(=O)OO1. The van der Waals surface area contributed by atoms with Crippen molar-refractivity contribution in [1.82, 2.24) is 19.7 Å². The van der Waals surface area contributed by atoms with Crippen LogP contribution in [-0.2, 0) is 43.5 Å². The maximum atomic E-state index is 12.2. The molecule has 18 heteroatoms. The molecule has 0 radical (unpaired) electrons. The lowest BCUT2D eigenvalue weighted by Gasteiger charge is -2.22. The van der Waals surface area contributed by atoms with Crippen LogP contribution in [0.1, 0.15) is 12.8 Å². The fourth-order valence-corrected chi connectivity index (χ4v) is 2.23. The van der Waals surface area contributed by atoms with Gasteiger partial charge < -0.3 is 9.94 Å². The van der Waals surface area contributed by atoms with Gasteiger partial charge in [0, 0.05) is 0 Å². The van der Waals surface area contributed by atoms with Gasteiger partial charge in [0.05, 0.1) is 12.8 Å². The molecule has 2 aromatic rings. The van der Waals surface area contributed by atoms with Crippen molar-refractivity contribution in [3.8, 4) is 0 Å². The third kappa shape index (κ3) is 4.17. The molecule has 1 fully saturated rings. The van der Waals surface area contributed by atoms with E-state index in [1.54, 1.807) is 0 Å². The number of nitrogens with zero attached hydrogens (tertiary/aromatic N) is 1. The average molecular weight is 444 g/mol. The van der Waals surface area contributed by atoms with Gasteiger partial charge in [-0.2, -0.15) is 0 Å². The van der Waals surface area contributed by atoms with E-state index >= 15 is 0 Å². The van der Waals surface area contributed by atoms with Crippen LogP contribution in [0.4, 0.5) is 0 Å². The number of H-pyrrole nitrogens is 3.